The third kappa shape index (κ3) is 4.73. The van der Waals surface area contributed by atoms with Gasteiger partial charge in [0.05, 0.1) is 12.7 Å². The Labute approximate surface area is 167 Å². The van der Waals surface area contributed by atoms with Crippen LogP contribution in [0.3, 0.4) is 0 Å². The van der Waals surface area contributed by atoms with E-state index >= 15 is 0 Å². The summed E-state index contributed by atoms with van der Waals surface area (Å²) >= 11 is 0. The van der Waals surface area contributed by atoms with Crippen LogP contribution in [0.1, 0.15) is 32.1 Å². The van der Waals surface area contributed by atoms with E-state index in [0.717, 1.165) is 5.56 Å². The summed E-state index contributed by atoms with van der Waals surface area (Å²) in [5.41, 5.74) is 1.63. The van der Waals surface area contributed by atoms with E-state index in [-0.39, 0.29) is 30.2 Å². The second-order valence-electron chi connectivity index (χ2n) is 6.17. The molecule has 1 N–H and O–H groups in total. The molecule has 0 fully saturated rings. The van der Waals surface area contributed by atoms with Crippen LogP contribution >= 0.6 is 0 Å². The standard InChI is InChI=1S/C21H20N2O6/c1-23-18(21(25)26)8-15(22-23)13-29-20-10-16(27-2)9-19(17(20)11-24)28-12-14-6-4-3-5-7-14/h3-11H,12-13H2,1-2H3,(H,25,26). The topological polar surface area (TPSA) is 99.9 Å². The molecule has 29 heavy (non-hydrogen) atoms. The van der Waals surface area contributed by atoms with Crippen molar-refractivity contribution in [1.29, 1.82) is 0 Å². The number of carbonyl (C=O) groups excluding carboxylic acids is 1. The van der Waals surface area contributed by atoms with E-state index in [2.05, 4.69) is 5.10 Å². The molecule has 0 bridgehead atoms. The minimum atomic E-state index is -1.09. The smallest absolute Gasteiger partial charge is 0.354 e. The lowest BCUT2D eigenvalue weighted by molar-refractivity contribution is 0.0685. The molecule has 0 spiro atoms. The Morgan fingerprint density at radius 1 is 1.10 bits per heavy atom. The fourth-order valence-electron chi connectivity index (χ4n) is 2.73. The highest BCUT2D eigenvalue weighted by Gasteiger charge is 2.16. The van der Waals surface area contributed by atoms with E-state index in [0.29, 0.717) is 23.5 Å². The highest BCUT2D eigenvalue weighted by molar-refractivity contribution is 5.86. The van der Waals surface area contributed by atoms with Gasteiger partial charge in [0, 0.05) is 19.2 Å². The molecule has 0 amide bonds. The van der Waals surface area contributed by atoms with Crippen molar-refractivity contribution in [2.75, 3.05) is 7.11 Å². The molecule has 0 atom stereocenters. The highest BCUT2D eigenvalue weighted by Crippen LogP contribution is 2.34. The van der Waals surface area contributed by atoms with Crippen molar-refractivity contribution in [1.82, 2.24) is 9.78 Å². The number of aryl methyl sites for hydroxylation is 1. The highest BCUT2D eigenvalue weighted by atomic mass is 16.5. The van der Waals surface area contributed by atoms with E-state index in [1.54, 1.807) is 12.1 Å². The average Bonchev–Trinajstić information content (AvgIpc) is 3.11. The van der Waals surface area contributed by atoms with Crippen LogP contribution in [0.4, 0.5) is 0 Å². The van der Waals surface area contributed by atoms with Crippen LogP contribution in [-0.4, -0.2) is 34.3 Å². The number of hydrogen-bond acceptors (Lipinski definition) is 6. The lowest BCUT2D eigenvalue weighted by atomic mass is 10.1. The van der Waals surface area contributed by atoms with Crippen molar-refractivity contribution in [2.45, 2.75) is 13.2 Å². The first kappa shape index (κ1) is 19.9. The number of aromatic nitrogens is 2. The van der Waals surface area contributed by atoms with Gasteiger partial charge in [0.15, 0.2) is 6.29 Å². The van der Waals surface area contributed by atoms with Crippen LogP contribution in [0.15, 0.2) is 48.5 Å². The molecule has 0 unspecified atom stereocenters. The predicted molar refractivity (Wildman–Crippen MR) is 104 cm³/mol. The Balaban J connectivity index is 1.82. The molecule has 0 aliphatic rings. The van der Waals surface area contributed by atoms with Gasteiger partial charge in [-0.2, -0.15) is 5.10 Å². The van der Waals surface area contributed by atoms with Gasteiger partial charge in [-0.3, -0.25) is 9.48 Å². The summed E-state index contributed by atoms with van der Waals surface area (Å²) in [6, 6.07) is 14.1. The van der Waals surface area contributed by atoms with Crippen molar-refractivity contribution in [2.24, 2.45) is 7.05 Å². The van der Waals surface area contributed by atoms with Crippen molar-refractivity contribution < 1.29 is 28.9 Å². The second-order valence-corrected chi connectivity index (χ2v) is 6.17. The minimum Gasteiger partial charge on any atom is -0.496 e. The zero-order chi connectivity index (χ0) is 20.8. The fraction of sp³-hybridized carbons (Fsp3) is 0.190. The second kappa shape index (κ2) is 8.92. The molecule has 0 aliphatic heterocycles. The minimum absolute atomic E-state index is 0.0206. The van der Waals surface area contributed by atoms with E-state index in [9.17, 15) is 9.59 Å². The number of nitrogens with zero attached hydrogens (tertiary/aromatic N) is 2. The summed E-state index contributed by atoms with van der Waals surface area (Å²) in [4.78, 5) is 22.9. The van der Waals surface area contributed by atoms with Gasteiger partial charge in [0.25, 0.3) is 0 Å². The molecule has 8 nitrogen and oxygen atoms in total. The Hall–Kier alpha value is -3.81. The number of aldehydes is 1. The number of carboxylic acids is 1. The third-order valence-corrected chi connectivity index (χ3v) is 4.19. The lowest BCUT2D eigenvalue weighted by Crippen LogP contribution is -2.05. The maximum Gasteiger partial charge on any atom is 0.354 e. The summed E-state index contributed by atoms with van der Waals surface area (Å²) < 4.78 is 18.1. The van der Waals surface area contributed by atoms with E-state index in [4.69, 9.17) is 19.3 Å². The SMILES string of the molecule is COc1cc(OCc2ccccc2)c(C=O)c(OCc2cc(C(=O)O)n(C)n2)c1. The van der Waals surface area contributed by atoms with Crippen molar-refractivity contribution in [3.63, 3.8) is 0 Å². The summed E-state index contributed by atoms with van der Waals surface area (Å²) in [5, 5.41) is 13.2. The molecule has 1 aromatic heterocycles. The number of aromatic carboxylic acids is 1. The zero-order valence-electron chi connectivity index (χ0n) is 16.0. The maximum atomic E-state index is 11.7. The Morgan fingerprint density at radius 3 is 2.31 bits per heavy atom. The van der Waals surface area contributed by atoms with Crippen LogP contribution in [0.2, 0.25) is 0 Å². The van der Waals surface area contributed by atoms with Crippen molar-refractivity contribution >= 4 is 12.3 Å². The van der Waals surface area contributed by atoms with Crippen LogP contribution in [-0.2, 0) is 20.3 Å². The number of carbonyl (C=O) groups is 2. The molecule has 150 valence electrons. The predicted octanol–water partition coefficient (Wildman–Crippen LogP) is 3.10. The first-order chi connectivity index (χ1) is 14.0. The molecule has 1 heterocycles. The van der Waals surface area contributed by atoms with Crippen LogP contribution in [0.5, 0.6) is 17.2 Å². The maximum absolute atomic E-state index is 11.7. The van der Waals surface area contributed by atoms with E-state index in [1.165, 1.54) is 24.9 Å². The third-order valence-electron chi connectivity index (χ3n) is 4.19. The van der Waals surface area contributed by atoms with Crippen LogP contribution < -0.4 is 14.2 Å². The largest absolute Gasteiger partial charge is 0.496 e. The first-order valence-electron chi connectivity index (χ1n) is 8.74. The van der Waals surface area contributed by atoms with Gasteiger partial charge in [-0.05, 0) is 11.6 Å². The Kier molecular flexibility index (Phi) is 6.13. The zero-order valence-corrected chi connectivity index (χ0v) is 16.0. The number of rotatable bonds is 9. The van der Waals surface area contributed by atoms with Crippen LogP contribution in [0.25, 0.3) is 0 Å². The number of carboxylic acid groups (broad SMARTS) is 1. The van der Waals surface area contributed by atoms with Crippen molar-refractivity contribution in [3.05, 3.63) is 71.0 Å². The molecule has 2 aromatic carbocycles. The normalized spacial score (nSPS) is 10.4. The molecule has 8 heteroatoms. The number of ether oxygens (including phenoxy) is 3. The quantitative estimate of drug-likeness (QED) is 0.555. The molecule has 3 aromatic rings. The van der Waals surface area contributed by atoms with Gasteiger partial charge in [-0.25, -0.2) is 4.79 Å². The van der Waals surface area contributed by atoms with Gasteiger partial charge in [0.1, 0.15) is 41.9 Å². The molecule has 0 saturated carbocycles. The van der Waals surface area contributed by atoms with Gasteiger partial charge in [-0.1, -0.05) is 30.3 Å². The van der Waals surface area contributed by atoms with Gasteiger partial charge in [-0.15, -0.1) is 0 Å². The Morgan fingerprint density at radius 2 is 1.76 bits per heavy atom. The number of benzene rings is 2. The molecule has 0 aliphatic carbocycles. The van der Waals surface area contributed by atoms with Crippen molar-refractivity contribution in [3.8, 4) is 17.2 Å². The molecule has 0 radical (unpaired) electrons. The molecular weight excluding hydrogens is 376 g/mol. The summed E-state index contributed by atoms with van der Waals surface area (Å²) in [6.45, 7) is 0.254. The summed E-state index contributed by atoms with van der Waals surface area (Å²) in [7, 11) is 3.03. The first-order valence-corrected chi connectivity index (χ1v) is 8.74. The summed E-state index contributed by atoms with van der Waals surface area (Å²) in [5.74, 6) is -0.0471. The average molecular weight is 396 g/mol. The lowest BCUT2D eigenvalue weighted by Gasteiger charge is -2.14. The monoisotopic (exact) mass is 396 g/mol. The number of hydrogen-bond donors (Lipinski definition) is 1. The Bertz CT molecular complexity index is 1010. The van der Waals surface area contributed by atoms with Crippen LogP contribution in [0, 0.1) is 0 Å². The summed E-state index contributed by atoms with van der Waals surface area (Å²) in [6.07, 6.45) is 0.649. The molecular formula is C21H20N2O6. The van der Waals surface area contributed by atoms with E-state index < -0.39 is 5.97 Å². The van der Waals surface area contributed by atoms with Gasteiger partial charge in [0.2, 0.25) is 0 Å². The van der Waals surface area contributed by atoms with Gasteiger partial charge >= 0.3 is 5.97 Å². The fourth-order valence-corrected chi connectivity index (χ4v) is 2.73. The molecule has 3 rings (SSSR count). The van der Waals surface area contributed by atoms with Gasteiger partial charge < -0.3 is 19.3 Å². The molecule has 0 saturated heterocycles. The number of methoxy groups -OCH3 is 1. The van der Waals surface area contributed by atoms with E-state index in [1.807, 2.05) is 30.3 Å².